The minimum Gasteiger partial charge on any atom is -0.361 e. The van der Waals surface area contributed by atoms with Crippen molar-refractivity contribution in [2.24, 2.45) is 0 Å². The number of ketones is 1. The van der Waals surface area contributed by atoms with Crippen LogP contribution in [0, 0.1) is 0 Å². The Morgan fingerprint density at radius 2 is 2.22 bits per heavy atom. The summed E-state index contributed by atoms with van der Waals surface area (Å²) >= 11 is 0. The van der Waals surface area contributed by atoms with Crippen molar-refractivity contribution in [2.45, 2.75) is 20.0 Å². The lowest BCUT2D eigenvalue weighted by Gasteiger charge is -2.28. The SMILES string of the molecule is CC(=O)c1ccc(N2CCn3cnnc3C2)cn1. The van der Waals surface area contributed by atoms with Gasteiger partial charge in [0, 0.05) is 20.0 Å². The Bertz CT molecular complexity index is 574. The molecule has 0 fully saturated rings. The molecule has 0 aliphatic carbocycles. The van der Waals surface area contributed by atoms with Gasteiger partial charge in [0.15, 0.2) is 11.6 Å². The van der Waals surface area contributed by atoms with Crippen LogP contribution in [-0.2, 0) is 13.1 Å². The predicted octanol–water partition coefficient (Wildman–Crippen LogP) is 0.896. The molecule has 92 valence electrons. The average molecular weight is 243 g/mol. The van der Waals surface area contributed by atoms with Crippen molar-refractivity contribution in [1.29, 1.82) is 0 Å². The van der Waals surface area contributed by atoms with Gasteiger partial charge < -0.3 is 9.47 Å². The number of hydrogen-bond donors (Lipinski definition) is 0. The molecule has 0 saturated heterocycles. The van der Waals surface area contributed by atoms with Gasteiger partial charge in [0.25, 0.3) is 0 Å². The summed E-state index contributed by atoms with van der Waals surface area (Å²) in [6, 6.07) is 3.69. The molecule has 0 unspecified atom stereocenters. The first-order chi connectivity index (χ1) is 8.74. The lowest BCUT2D eigenvalue weighted by Crippen LogP contribution is -2.33. The molecule has 0 saturated carbocycles. The van der Waals surface area contributed by atoms with Gasteiger partial charge in [-0.1, -0.05) is 0 Å². The molecule has 0 radical (unpaired) electrons. The lowest BCUT2D eigenvalue weighted by molar-refractivity contribution is 0.101. The fraction of sp³-hybridized carbons (Fsp3) is 0.333. The van der Waals surface area contributed by atoms with Crippen molar-refractivity contribution in [3.8, 4) is 0 Å². The standard InChI is InChI=1S/C12H13N5O/c1-9(18)11-3-2-10(6-13-11)16-4-5-17-8-14-15-12(17)7-16/h2-3,6,8H,4-5,7H2,1H3. The minimum absolute atomic E-state index is 0.0139. The topological polar surface area (TPSA) is 63.9 Å². The van der Waals surface area contributed by atoms with Crippen molar-refractivity contribution >= 4 is 11.5 Å². The second kappa shape index (κ2) is 4.21. The number of anilines is 1. The predicted molar refractivity (Wildman–Crippen MR) is 65.3 cm³/mol. The van der Waals surface area contributed by atoms with Crippen LogP contribution >= 0.6 is 0 Å². The van der Waals surface area contributed by atoms with Crippen LogP contribution in [0.25, 0.3) is 0 Å². The molecule has 0 atom stereocenters. The second-order valence-electron chi connectivity index (χ2n) is 4.32. The minimum atomic E-state index is -0.0139. The van der Waals surface area contributed by atoms with Gasteiger partial charge in [0.05, 0.1) is 18.4 Å². The molecule has 0 spiro atoms. The van der Waals surface area contributed by atoms with Gasteiger partial charge in [-0.2, -0.15) is 0 Å². The third kappa shape index (κ3) is 1.85. The van der Waals surface area contributed by atoms with Crippen molar-refractivity contribution in [1.82, 2.24) is 19.7 Å². The lowest BCUT2D eigenvalue weighted by atomic mass is 10.2. The Hall–Kier alpha value is -2.24. The second-order valence-corrected chi connectivity index (χ2v) is 4.32. The van der Waals surface area contributed by atoms with Crippen molar-refractivity contribution in [2.75, 3.05) is 11.4 Å². The van der Waals surface area contributed by atoms with Gasteiger partial charge >= 0.3 is 0 Å². The van der Waals surface area contributed by atoms with Crippen molar-refractivity contribution in [3.05, 3.63) is 36.2 Å². The molecule has 3 heterocycles. The highest BCUT2D eigenvalue weighted by Crippen LogP contribution is 2.19. The van der Waals surface area contributed by atoms with E-state index in [1.807, 2.05) is 10.6 Å². The molecular weight excluding hydrogens is 230 g/mol. The third-order valence-electron chi connectivity index (χ3n) is 3.11. The number of pyridine rings is 1. The Balaban J connectivity index is 1.82. The van der Waals surface area contributed by atoms with Gasteiger partial charge in [-0.05, 0) is 12.1 Å². The van der Waals surface area contributed by atoms with E-state index >= 15 is 0 Å². The summed E-state index contributed by atoms with van der Waals surface area (Å²) in [6.45, 7) is 4.01. The van der Waals surface area contributed by atoms with Crippen LogP contribution in [0.4, 0.5) is 5.69 Å². The average Bonchev–Trinajstić information content (AvgIpc) is 2.86. The van der Waals surface area contributed by atoms with E-state index in [9.17, 15) is 4.79 Å². The number of carbonyl (C=O) groups excluding carboxylic acids is 1. The van der Waals surface area contributed by atoms with Crippen LogP contribution in [0.3, 0.4) is 0 Å². The first-order valence-corrected chi connectivity index (χ1v) is 5.82. The van der Waals surface area contributed by atoms with E-state index in [0.29, 0.717) is 5.69 Å². The highest BCUT2D eigenvalue weighted by atomic mass is 16.1. The monoisotopic (exact) mass is 243 g/mol. The molecule has 0 aromatic carbocycles. The first-order valence-electron chi connectivity index (χ1n) is 5.82. The van der Waals surface area contributed by atoms with Gasteiger partial charge in [-0.15, -0.1) is 10.2 Å². The number of Topliss-reactive ketones (excluding diaryl/α,β-unsaturated/α-hetero) is 1. The maximum atomic E-state index is 11.2. The summed E-state index contributed by atoms with van der Waals surface area (Å²) in [5.41, 5.74) is 1.51. The normalized spacial score (nSPS) is 14.4. The van der Waals surface area contributed by atoms with Crippen LogP contribution in [0.15, 0.2) is 24.7 Å². The third-order valence-corrected chi connectivity index (χ3v) is 3.11. The summed E-state index contributed by atoms with van der Waals surface area (Å²) < 4.78 is 2.05. The number of carbonyl (C=O) groups is 1. The Labute approximate surface area is 104 Å². The molecule has 0 bridgehead atoms. The quantitative estimate of drug-likeness (QED) is 0.733. The fourth-order valence-electron chi connectivity index (χ4n) is 2.07. The van der Waals surface area contributed by atoms with Gasteiger partial charge in [-0.3, -0.25) is 9.78 Å². The molecule has 0 N–H and O–H groups in total. The molecular formula is C12H13N5O. The maximum Gasteiger partial charge on any atom is 0.178 e. The number of fused-ring (bicyclic) bond motifs is 1. The van der Waals surface area contributed by atoms with E-state index in [-0.39, 0.29) is 5.78 Å². The molecule has 1 aliphatic rings. The molecule has 0 amide bonds. The van der Waals surface area contributed by atoms with Crippen LogP contribution < -0.4 is 4.90 Å². The van der Waals surface area contributed by atoms with Crippen LogP contribution in [0.2, 0.25) is 0 Å². The molecule has 3 rings (SSSR count). The molecule has 1 aliphatic heterocycles. The summed E-state index contributed by atoms with van der Waals surface area (Å²) in [6.07, 6.45) is 3.49. The first kappa shape index (κ1) is 10.9. The Morgan fingerprint density at radius 3 is 2.94 bits per heavy atom. The number of aromatic nitrogens is 4. The van der Waals surface area contributed by atoms with Gasteiger partial charge in [0.1, 0.15) is 12.0 Å². The summed E-state index contributed by atoms with van der Waals surface area (Å²) in [7, 11) is 0. The van der Waals surface area contributed by atoms with Crippen LogP contribution in [0.5, 0.6) is 0 Å². The summed E-state index contributed by atoms with van der Waals surface area (Å²) in [4.78, 5) is 17.5. The van der Waals surface area contributed by atoms with Gasteiger partial charge in [0.2, 0.25) is 0 Å². The number of hydrogen-bond acceptors (Lipinski definition) is 5. The fourth-order valence-corrected chi connectivity index (χ4v) is 2.07. The smallest absolute Gasteiger partial charge is 0.178 e. The summed E-state index contributed by atoms with van der Waals surface area (Å²) in [5, 5.41) is 7.97. The number of rotatable bonds is 2. The molecule has 6 heteroatoms. The van der Waals surface area contributed by atoms with E-state index in [2.05, 4.69) is 20.1 Å². The van der Waals surface area contributed by atoms with Crippen LogP contribution in [-0.4, -0.2) is 32.1 Å². The van der Waals surface area contributed by atoms with Crippen molar-refractivity contribution < 1.29 is 4.79 Å². The zero-order chi connectivity index (χ0) is 12.5. The molecule has 18 heavy (non-hydrogen) atoms. The molecule has 2 aromatic rings. The Morgan fingerprint density at radius 1 is 1.33 bits per heavy atom. The van der Waals surface area contributed by atoms with Crippen LogP contribution in [0.1, 0.15) is 23.2 Å². The van der Waals surface area contributed by atoms with E-state index in [1.165, 1.54) is 6.92 Å². The van der Waals surface area contributed by atoms with Crippen molar-refractivity contribution in [3.63, 3.8) is 0 Å². The molecule has 2 aromatic heterocycles. The maximum absolute atomic E-state index is 11.2. The highest BCUT2D eigenvalue weighted by Gasteiger charge is 2.17. The van der Waals surface area contributed by atoms with E-state index < -0.39 is 0 Å². The molecule has 6 nitrogen and oxygen atoms in total. The zero-order valence-corrected chi connectivity index (χ0v) is 10.1. The van der Waals surface area contributed by atoms with E-state index in [1.54, 1.807) is 18.6 Å². The highest BCUT2D eigenvalue weighted by molar-refractivity contribution is 5.92. The number of nitrogens with zero attached hydrogens (tertiary/aromatic N) is 5. The van der Waals surface area contributed by atoms with E-state index in [0.717, 1.165) is 31.1 Å². The largest absolute Gasteiger partial charge is 0.361 e. The Kier molecular flexibility index (Phi) is 2.55. The zero-order valence-electron chi connectivity index (χ0n) is 10.1. The van der Waals surface area contributed by atoms with Gasteiger partial charge in [-0.25, -0.2) is 0 Å². The summed E-state index contributed by atoms with van der Waals surface area (Å²) in [5.74, 6) is 0.942. The van der Waals surface area contributed by atoms with E-state index in [4.69, 9.17) is 0 Å².